The number of thiazole rings is 1. The lowest BCUT2D eigenvalue weighted by molar-refractivity contribution is -0.143. The second-order valence-corrected chi connectivity index (χ2v) is 5.37. The highest BCUT2D eigenvalue weighted by Gasteiger charge is 2.29. The Morgan fingerprint density at radius 3 is 2.71 bits per heavy atom. The summed E-state index contributed by atoms with van der Waals surface area (Å²) in [4.78, 5) is 26.9. The van der Waals surface area contributed by atoms with Crippen LogP contribution in [-0.2, 0) is 6.54 Å². The number of nitrogens with one attached hydrogen (secondary N) is 1. The van der Waals surface area contributed by atoms with E-state index in [4.69, 9.17) is 11.6 Å². The molecule has 0 unspecified atom stereocenters. The van der Waals surface area contributed by atoms with Crippen LogP contribution < -0.4 is 10.9 Å². The number of alkyl halides is 3. The molecule has 0 aliphatic carbocycles. The molecule has 6 nitrogen and oxygen atoms in total. The second kappa shape index (κ2) is 5.82. The van der Waals surface area contributed by atoms with Crippen LogP contribution in [0.1, 0.15) is 9.67 Å². The summed E-state index contributed by atoms with van der Waals surface area (Å²) < 4.78 is 37.2. The van der Waals surface area contributed by atoms with Crippen LogP contribution in [0.5, 0.6) is 0 Å². The molecule has 0 radical (unpaired) electrons. The van der Waals surface area contributed by atoms with E-state index in [1.807, 2.05) is 0 Å². The van der Waals surface area contributed by atoms with Crippen LogP contribution in [0.3, 0.4) is 0 Å². The minimum Gasteiger partial charge on any atom is -0.304 e. The summed E-state index contributed by atoms with van der Waals surface area (Å²) in [6.45, 7) is -1.54. The lowest BCUT2D eigenvalue weighted by Crippen LogP contribution is -2.30. The molecule has 0 atom stereocenters. The molecular formula is C10H6ClF3N4O2S. The zero-order valence-corrected chi connectivity index (χ0v) is 11.6. The minimum absolute atomic E-state index is 0.148. The number of carbonyl (C=O) groups excluding carboxylic acids is 1. The predicted molar refractivity (Wildman–Crippen MR) is 69.6 cm³/mol. The molecule has 0 aliphatic rings. The van der Waals surface area contributed by atoms with Gasteiger partial charge in [-0.3, -0.25) is 9.59 Å². The molecule has 0 fully saturated rings. The van der Waals surface area contributed by atoms with E-state index in [2.05, 4.69) is 15.4 Å². The van der Waals surface area contributed by atoms with Crippen molar-refractivity contribution in [2.45, 2.75) is 12.7 Å². The minimum atomic E-state index is -4.59. The monoisotopic (exact) mass is 338 g/mol. The van der Waals surface area contributed by atoms with Gasteiger partial charge in [-0.15, -0.1) is 0 Å². The van der Waals surface area contributed by atoms with Crippen molar-refractivity contribution in [3.8, 4) is 0 Å². The van der Waals surface area contributed by atoms with Crippen molar-refractivity contribution in [3.63, 3.8) is 0 Å². The number of hydrogen-bond acceptors (Lipinski definition) is 5. The van der Waals surface area contributed by atoms with Crippen molar-refractivity contribution in [2.24, 2.45) is 0 Å². The van der Waals surface area contributed by atoms with Gasteiger partial charge in [-0.25, -0.2) is 9.67 Å². The standard InChI is InChI=1S/C10H6ClF3N4O2S/c11-9-15-3-5(21-9)8(20)16-6-1-2-7(19)18(17-6)4-10(12,13)14/h1-3H,4H2,(H,16,17,20). The predicted octanol–water partition coefficient (Wildman–Crippen LogP) is 2.17. The molecule has 0 aliphatic heterocycles. The van der Waals surface area contributed by atoms with Gasteiger partial charge in [0.2, 0.25) is 0 Å². The van der Waals surface area contributed by atoms with Crippen molar-refractivity contribution in [1.82, 2.24) is 14.8 Å². The average Bonchev–Trinajstić information content (AvgIpc) is 2.78. The smallest absolute Gasteiger partial charge is 0.304 e. The quantitative estimate of drug-likeness (QED) is 0.930. The zero-order chi connectivity index (χ0) is 15.6. The van der Waals surface area contributed by atoms with Gasteiger partial charge in [0, 0.05) is 6.07 Å². The van der Waals surface area contributed by atoms with E-state index < -0.39 is 24.2 Å². The molecule has 0 saturated carbocycles. The molecule has 2 rings (SSSR count). The van der Waals surface area contributed by atoms with Gasteiger partial charge < -0.3 is 5.32 Å². The first kappa shape index (κ1) is 15.4. The van der Waals surface area contributed by atoms with Gasteiger partial charge in [-0.05, 0) is 6.07 Å². The first-order valence-electron chi connectivity index (χ1n) is 5.32. The van der Waals surface area contributed by atoms with E-state index in [1.54, 1.807) is 0 Å². The lowest BCUT2D eigenvalue weighted by Gasteiger charge is -2.09. The summed E-state index contributed by atoms with van der Waals surface area (Å²) in [6, 6.07) is 1.99. The Kier molecular flexibility index (Phi) is 4.28. The van der Waals surface area contributed by atoms with Crippen molar-refractivity contribution in [3.05, 3.63) is 38.0 Å². The first-order valence-corrected chi connectivity index (χ1v) is 6.52. The fourth-order valence-corrected chi connectivity index (χ4v) is 2.17. The summed E-state index contributed by atoms with van der Waals surface area (Å²) in [5.74, 6) is -0.822. The van der Waals surface area contributed by atoms with Gasteiger partial charge in [-0.2, -0.15) is 18.3 Å². The summed E-state index contributed by atoms with van der Waals surface area (Å²) in [5, 5.41) is 5.69. The molecule has 1 N–H and O–H groups in total. The largest absolute Gasteiger partial charge is 0.408 e. The molecule has 0 aromatic carbocycles. The third-order valence-corrected chi connectivity index (χ3v) is 3.25. The summed E-state index contributed by atoms with van der Waals surface area (Å²) >= 11 is 6.47. The first-order chi connectivity index (χ1) is 9.74. The fraction of sp³-hybridized carbons (Fsp3) is 0.200. The Hall–Kier alpha value is -1.94. The van der Waals surface area contributed by atoms with Gasteiger partial charge in [-0.1, -0.05) is 22.9 Å². The van der Waals surface area contributed by atoms with Gasteiger partial charge in [0.15, 0.2) is 10.3 Å². The molecule has 112 valence electrons. The van der Waals surface area contributed by atoms with E-state index in [0.717, 1.165) is 23.5 Å². The molecule has 2 aromatic rings. The van der Waals surface area contributed by atoms with E-state index in [0.29, 0.717) is 0 Å². The molecule has 11 heteroatoms. The van der Waals surface area contributed by atoms with E-state index in [-0.39, 0.29) is 19.8 Å². The summed E-state index contributed by atoms with van der Waals surface area (Å²) in [6.07, 6.45) is -3.38. The Balaban J connectivity index is 2.19. The summed E-state index contributed by atoms with van der Waals surface area (Å²) in [5.41, 5.74) is -0.925. The second-order valence-electron chi connectivity index (χ2n) is 3.76. The Bertz CT molecular complexity index is 728. The SMILES string of the molecule is O=C(Nc1ccc(=O)n(CC(F)(F)F)n1)c1cnc(Cl)s1. The average molecular weight is 339 g/mol. The van der Waals surface area contributed by atoms with Gasteiger partial charge in [0.1, 0.15) is 11.4 Å². The highest BCUT2D eigenvalue weighted by molar-refractivity contribution is 7.17. The number of aromatic nitrogens is 3. The Morgan fingerprint density at radius 1 is 1.43 bits per heavy atom. The van der Waals surface area contributed by atoms with Gasteiger partial charge in [0.05, 0.1) is 6.20 Å². The lowest BCUT2D eigenvalue weighted by atomic mass is 10.4. The third-order valence-electron chi connectivity index (χ3n) is 2.14. The number of hydrogen-bond donors (Lipinski definition) is 1. The maximum atomic E-state index is 12.3. The number of anilines is 1. The number of nitrogens with zero attached hydrogens (tertiary/aromatic N) is 3. The van der Waals surface area contributed by atoms with E-state index in [1.165, 1.54) is 6.20 Å². The normalized spacial score (nSPS) is 11.4. The molecule has 0 spiro atoms. The van der Waals surface area contributed by atoms with Crippen LogP contribution >= 0.6 is 22.9 Å². The van der Waals surface area contributed by atoms with Crippen LogP contribution in [0.2, 0.25) is 4.47 Å². The Labute approximate surface area is 124 Å². The number of halogens is 4. The number of amides is 1. The topological polar surface area (TPSA) is 76.9 Å². The van der Waals surface area contributed by atoms with Gasteiger partial charge in [0.25, 0.3) is 11.5 Å². The number of rotatable bonds is 3. The highest BCUT2D eigenvalue weighted by Crippen LogP contribution is 2.19. The van der Waals surface area contributed by atoms with Crippen LogP contribution in [0.15, 0.2) is 23.1 Å². The molecule has 2 aromatic heterocycles. The molecule has 21 heavy (non-hydrogen) atoms. The zero-order valence-electron chi connectivity index (χ0n) is 10.0. The van der Waals surface area contributed by atoms with E-state index >= 15 is 0 Å². The molecule has 0 bridgehead atoms. The van der Waals surface area contributed by atoms with Crippen molar-refractivity contribution in [1.29, 1.82) is 0 Å². The highest BCUT2D eigenvalue weighted by atomic mass is 35.5. The summed E-state index contributed by atoms with van der Waals surface area (Å²) in [7, 11) is 0. The van der Waals surface area contributed by atoms with Crippen molar-refractivity contribution in [2.75, 3.05) is 5.32 Å². The van der Waals surface area contributed by atoms with Crippen LogP contribution in [0.25, 0.3) is 0 Å². The van der Waals surface area contributed by atoms with Crippen molar-refractivity contribution >= 4 is 34.7 Å². The van der Waals surface area contributed by atoms with Gasteiger partial charge >= 0.3 is 6.18 Å². The molecule has 0 saturated heterocycles. The van der Waals surface area contributed by atoms with Crippen LogP contribution in [0.4, 0.5) is 19.0 Å². The molecular weight excluding hydrogens is 333 g/mol. The van der Waals surface area contributed by atoms with E-state index in [9.17, 15) is 22.8 Å². The maximum Gasteiger partial charge on any atom is 0.408 e. The van der Waals surface area contributed by atoms with Crippen molar-refractivity contribution < 1.29 is 18.0 Å². The third kappa shape index (κ3) is 4.26. The maximum absolute atomic E-state index is 12.3. The molecule has 1 amide bonds. The van der Waals surface area contributed by atoms with Crippen LogP contribution in [-0.4, -0.2) is 26.8 Å². The molecule has 2 heterocycles. The number of carbonyl (C=O) groups is 1. The Morgan fingerprint density at radius 2 is 2.14 bits per heavy atom. The fourth-order valence-electron chi connectivity index (χ4n) is 1.33. The van der Waals surface area contributed by atoms with Crippen LogP contribution in [0, 0.1) is 0 Å².